The first-order chi connectivity index (χ1) is 12.7. The van der Waals surface area contributed by atoms with Crippen molar-refractivity contribution >= 4 is 33.1 Å². The molecule has 1 heteroatoms. The van der Waals surface area contributed by atoms with Gasteiger partial charge in [0.05, 0.1) is 0 Å². The molecule has 0 aliphatic heterocycles. The zero-order valence-corrected chi connectivity index (χ0v) is 15.5. The number of hydrogen-bond donors (Lipinski definition) is 0. The highest BCUT2D eigenvalue weighted by Gasteiger charge is 2.02. The van der Waals surface area contributed by atoms with Crippen molar-refractivity contribution in [2.24, 2.45) is 0 Å². The third-order valence-corrected chi connectivity index (χ3v) is 4.89. The lowest BCUT2D eigenvalue weighted by atomic mass is 9.97. The third kappa shape index (κ3) is 3.45. The van der Waals surface area contributed by atoms with Gasteiger partial charge in [0.2, 0.25) is 0 Å². The van der Waals surface area contributed by atoms with Crippen molar-refractivity contribution in [2.75, 3.05) is 0 Å². The van der Waals surface area contributed by atoms with Crippen LogP contribution >= 0.6 is 11.6 Å². The molecule has 0 atom stereocenters. The van der Waals surface area contributed by atoms with Gasteiger partial charge in [0.25, 0.3) is 0 Å². The van der Waals surface area contributed by atoms with Crippen LogP contribution in [0, 0.1) is 11.8 Å². The van der Waals surface area contributed by atoms with Gasteiger partial charge >= 0.3 is 0 Å². The molecule has 0 fully saturated rings. The van der Waals surface area contributed by atoms with Gasteiger partial charge in [-0.2, -0.15) is 0 Å². The summed E-state index contributed by atoms with van der Waals surface area (Å²) >= 11 is 5.92. The Morgan fingerprint density at radius 1 is 0.692 bits per heavy atom. The van der Waals surface area contributed by atoms with Crippen LogP contribution in [0.2, 0.25) is 5.02 Å². The minimum absolute atomic E-state index is 0.732. The van der Waals surface area contributed by atoms with Crippen molar-refractivity contribution in [2.45, 2.75) is 19.8 Å². The summed E-state index contributed by atoms with van der Waals surface area (Å²) in [6.07, 6.45) is 2.31. The predicted octanol–water partition coefficient (Wildman–Crippen LogP) is 7.00. The molecular weight excluding hydrogens is 336 g/mol. The molecule has 0 aliphatic carbocycles. The van der Waals surface area contributed by atoms with Gasteiger partial charge in [0.15, 0.2) is 0 Å². The normalized spacial score (nSPS) is 10.7. The number of halogens is 1. The van der Waals surface area contributed by atoms with Crippen LogP contribution in [0.3, 0.4) is 0 Å². The maximum atomic E-state index is 5.92. The average molecular weight is 355 g/mol. The summed E-state index contributed by atoms with van der Waals surface area (Å²) in [7, 11) is 0. The topological polar surface area (TPSA) is 0 Å². The quantitative estimate of drug-likeness (QED) is 0.268. The lowest BCUT2D eigenvalue weighted by molar-refractivity contribution is 0.924. The monoisotopic (exact) mass is 354 g/mol. The Balaban J connectivity index is 1.72. The number of benzene rings is 4. The molecular formula is C25H19Cl. The fraction of sp³-hybridized carbons (Fsp3) is 0.120. The van der Waals surface area contributed by atoms with Crippen LogP contribution < -0.4 is 0 Å². The first-order valence-electron chi connectivity index (χ1n) is 8.96. The van der Waals surface area contributed by atoms with E-state index in [4.69, 9.17) is 11.6 Å². The van der Waals surface area contributed by atoms with Crippen LogP contribution in [-0.4, -0.2) is 0 Å². The molecule has 4 rings (SSSR count). The van der Waals surface area contributed by atoms with E-state index in [1.165, 1.54) is 33.5 Å². The molecule has 0 unspecified atom stereocenters. The largest absolute Gasteiger partial charge is 0.0843 e. The Kier molecular flexibility index (Phi) is 4.65. The number of rotatable bonds is 2. The van der Waals surface area contributed by atoms with Gasteiger partial charge in [-0.05, 0) is 69.9 Å². The number of fused-ring (bicyclic) bond motifs is 3. The first kappa shape index (κ1) is 16.7. The number of hydrogen-bond acceptors (Lipinski definition) is 0. The summed E-state index contributed by atoms with van der Waals surface area (Å²) in [5.41, 5.74) is 3.40. The van der Waals surface area contributed by atoms with Gasteiger partial charge in [0, 0.05) is 16.1 Å². The Morgan fingerprint density at radius 2 is 1.31 bits per heavy atom. The van der Waals surface area contributed by atoms with E-state index < -0.39 is 0 Å². The Labute approximate surface area is 159 Å². The highest BCUT2D eigenvalue weighted by molar-refractivity contribution is 6.30. The highest BCUT2D eigenvalue weighted by atomic mass is 35.5. The Bertz CT molecular complexity index is 1140. The van der Waals surface area contributed by atoms with Gasteiger partial charge in [-0.25, -0.2) is 0 Å². The summed E-state index contributed by atoms with van der Waals surface area (Å²) in [6.45, 7) is 2.22. The third-order valence-electron chi connectivity index (χ3n) is 4.63. The van der Waals surface area contributed by atoms with E-state index in [-0.39, 0.29) is 0 Å². The van der Waals surface area contributed by atoms with Crippen LogP contribution in [0.1, 0.15) is 30.0 Å². The van der Waals surface area contributed by atoms with Crippen molar-refractivity contribution < 1.29 is 0 Å². The molecule has 126 valence electrons. The van der Waals surface area contributed by atoms with Gasteiger partial charge < -0.3 is 0 Å². The molecule has 0 heterocycles. The van der Waals surface area contributed by atoms with E-state index in [0.717, 1.165) is 22.6 Å². The Hall–Kier alpha value is -2.75. The van der Waals surface area contributed by atoms with Gasteiger partial charge in [-0.15, -0.1) is 0 Å². The molecule has 0 saturated heterocycles. The highest BCUT2D eigenvalue weighted by Crippen LogP contribution is 2.27. The Morgan fingerprint density at radius 3 is 2.04 bits per heavy atom. The molecule has 0 saturated carbocycles. The maximum absolute atomic E-state index is 5.92. The van der Waals surface area contributed by atoms with Gasteiger partial charge in [-0.1, -0.05) is 73.2 Å². The predicted molar refractivity (Wildman–Crippen MR) is 113 cm³/mol. The van der Waals surface area contributed by atoms with Crippen LogP contribution in [0.4, 0.5) is 0 Å². The lowest BCUT2D eigenvalue weighted by Gasteiger charge is -2.07. The van der Waals surface area contributed by atoms with Crippen LogP contribution in [0.5, 0.6) is 0 Å². The molecule has 0 N–H and O–H groups in total. The van der Waals surface area contributed by atoms with Crippen molar-refractivity contribution in [1.29, 1.82) is 0 Å². The van der Waals surface area contributed by atoms with Crippen molar-refractivity contribution in [3.05, 3.63) is 94.5 Å². The smallest absolute Gasteiger partial charge is 0.0406 e. The van der Waals surface area contributed by atoms with E-state index in [0.29, 0.717) is 0 Å². The second kappa shape index (κ2) is 7.24. The zero-order valence-electron chi connectivity index (χ0n) is 14.7. The van der Waals surface area contributed by atoms with Crippen molar-refractivity contribution in [1.82, 2.24) is 0 Å². The van der Waals surface area contributed by atoms with Crippen molar-refractivity contribution in [3.63, 3.8) is 0 Å². The van der Waals surface area contributed by atoms with E-state index in [9.17, 15) is 0 Å². The second-order valence-corrected chi connectivity index (χ2v) is 7.00. The van der Waals surface area contributed by atoms with E-state index in [2.05, 4.69) is 67.3 Å². The minimum Gasteiger partial charge on any atom is -0.0843 e. The standard InChI is InChI=1S/C25H19Cl/c1-2-3-19-8-14-24-21(16-19)10-11-22-17-20(9-15-25(22)24)5-4-18-6-12-23(26)13-7-18/h6-17H,2-3H2,1H3. The zero-order chi connectivity index (χ0) is 17.9. The molecule has 0 bridgehead atoms. The molecule has 4 aromatic carbocycles. The summed E-state index contributed by atoms with van der Waals surface area (Å²) in [5, 5.41) is 5.85. The maximum Gasteiger partial charge on any atom is 0.0406 e. The fourth-order valence-corrected chi connectivity index (χ4v) is 3.45. The van der Waals surface area contributed by atoms with Gasteiger partial charge in [0.1, 0.15) is 0 Å². The molecule has 26 heavy (non-hydrogen) atoms. The molecule has 0 radical (unpaired) electrons. The van der Waals surface area contributed by atoms with E-state index in [1.807, 2.05) is 24.3 Å². The SMILES string of the molecule is CCCc1ccc2c(ccc3cc(C#Cc4ccc(Cl)cc4)ccc32)c1. The molecule has 0 spiro atoms. The average Bonchev–Trinajstić information content (AvgIpc) is 2.67. The molecule has 0 amide bonds. The summed E-state index contributed by atoms with van der Waals surface area (Å²) < 4.78 is 0. The summed E-state index contributed by atoms with van der Waals surface area (Å²) in [6, 6.07) is 25.3. The molecule has 0 aliphatic rings. The van der Waals surface area contributed by atoms with E-state index in [1.54, 1.807) is 0 Å². The van der Waals surface area contributed by atoms with Crippen LogP contribution in [0.15, 0.2) is 72.8 Å². The molecule has 0 nitrogen and oxygen atoms in total. The summed E-state index contributed by atoms with van der Waals surface area (Å²) in [5.74, 6) is 6.46. The number of aryl methyl sites for hydroxylation is 1. The minimum atomic E-state index is 0.732. The fourth-order valence-electron chi connectivity index (χ4n) is 3.32. The van der Waals surface area contributed by atoms with Crippen LogP contribution in [-0.2, 0) is 6.42 Å². The molecule has 4 aromatic rings. The van der Waals surface area contributed by atoms with Crippen molar-refractivity contribution in [3.8, 4) is 11.8 Å². The van der Waals surface area contributed by atoms with Crippen LogP contribution in [0.25, 0.3) is 21.5 Å². The molecule has 0 aromatic heterocycles. The summed E-state index contributed by atoms with van der Waals surface area (Å²) in [4.78, 5) is 0. The first-order valence-corrected chi connectivity index (χ1v) is 9.34. The van der Waals surface area contributed by atoms with Gasteiger partial charge in [-0.3, -0.25) is 0 Å². The van der Waals surface area contributed by atoms with E-state index >= 15 is 0 Å². The second-order valence-electron chi connectivity index (χ2n) is 6.56. The lowest BCUT2D eigenvalue weighted by Crippen LogP contribution is -1.85.